The Bertz CT molecular complexity index is 1110. The van der Waals surface area contributed by atoms with Crippen molar-refractivity contribution in [2.75, 3.05) is 23.3 Å². The number of nitrogens with two attached hydrogens (primary N) is 2. The molecule has 4 rings (SSSR count). The van der Waals surface area contributed by atoms with Gasteiger partial charge in [-0.2, -0.15) is 10.1 Å². The van der Waals surface area contributed by atoms with E-state index in [1.807, 2.05) is 42.5 Å². The molecule has 0 aliphatic heterocycles. The Morgan fingerprint density at radius 1 is 1.04 bits per heavy atom. The second-order valence-electron chi connectivity index (χ2n) is 6.14. The fraction of sp³-hybridized carbons (Fsp3) is 0.105. The Kier molecular flexibility index (Phi) is 4.52. The van der Waals surface area contributed by atoms with Crippen LogP contribution in [0, 0.1) is 0 Å². The predicted molar refractivity (Wildman–Crippen MR) is 110 cm³/mol. The minimum Gasteiger partial charge on any atom is -0.384 e. The highest BCUT2D eigenvalue weighted by Gasteiger charge is 2.09. The van der Waals surface area contributed by atoms with Crippen LogP contribution in [-0.4, -0.2) is 26.7 Å². The van der Waals surface area contributed by atoms with Gasteiger partial charge in [0.1, 0.15) is 5.82 Å². The van der Waals surface area contributed by atoms with Crippen molar-refractivity contribution >= 4 is 40.1 Å². The molecule has 2 aromatic carbocycles. The molecule has 27 heavy (non-hydrogen) atoms. The topological polar surface area (TPSA) is 119 Å². The van der Waals surface area contributed by atoms with E-state index in [2.05, 4.69) is 25.5 Å². The zero-order chi connectivity index (χ0) is 18.8. The Balaban J connectivity index is 1.54. The van der Waals surface area contributed by atoms with Crippen LogP contribution < -0.4 is 16.8 Å². The molecule has 0 aliphatic carbocycles. The highest BCUT2D eigenvalue weighted by molar-refractivity contribution is 6.31. The standard InChI is InChI=1S/C19H18ClN7/c20-14-4-2-1-3-11(14)7-8-23-19-24-15(10-17(21)25-19)12-5-6-13-16(9-12)26-27-18(13)22/h1-6,9-10H,7-8H2,(H3,22,26,27)(H3,21,23,24,25). The maximum absolute atomic E-state index is 6.19. The number of hydrogen-bond acceptors (Lipinski definition) is 6. The summed E-state index contributed by atoms with van der Waals surface area (Å²) < 4.78 is 0. The summed E-state index contributed by atoms with van der Waals surface area (Å²) in [5, 5.41) is 11.8. The molecule has 6 N–H and O–H groups in total. The minimum atomic E-state index is 0.393. The first-order valence-electron chi connectivity index (χ1n) is 8.46. The number of H-pyrrole nitrogens is 1. The van der Waals surface area contributed by atoms with Crippen LogP contribution in [0.4, 0.5) is 17.6 Å². The minimum absolute atomic E-state index is 0.393. The third-order valence-corrected chi connectivity index (χ3v) is 4.64. The van der Waals surface area contributed by atoms with E-state index < -0.39 is 0 Å². The number of aromatic nitrogens is 4. The average Bonchev–Trinajstić information content (AvgIpc) is 3.03. The number of nitrogens with zero attached hydrogens (tertiary/aromatic N) is 3. The molecule has 7 nitrogen and oxygen atoms in total. The lowest BCUT2D eigenvalue weighted by atomic mass is 10.1. The van der Waals surface area contributed by atoms with Crippen LogP contribution in [0.5, 0.6) is 0 Å². The van der Waals surface area contributed by atoms with Gasteiger partial charge >= 0.3 is 0 Å². The van der Waals surface area contributed by atoms with Crippen molar-refractivity contribution in [2.45, 2.75) is 6.42 Å². The van der Waals surface area contributed by atoms with Gasteiger partial charge in [0.25, 0.3) is 0 Å². The third-order valence-electron chi connectivity index (χ3n) is 4.27. The summed E-state index contributed by atoms with van der Waals surface area (Å²) in [5.41, 5.74) is 15.3. The second-order valence-corrected chi connectivity index (χ2v) is 6.55. The average molecular weight is 380 g/mol. The molecule has 2 aromatic heterocycles. The van der Waals surface area contributed by atoms with Gasteiger partial charge in [0.15, 0.2) is 5.82 Å². The molecular weight excluding hydrogens is 362 g/mol. The van der Waals surface area contributed by atoms with Crippen molar-refractivity contribution in [2.24, 2.45) is 0 Å². The van der Waals surface area contributed by atoms with E-state index in [4.69, 9.17) is 23.1 Å². The van der Waals surface area contributed by atoms with E-state index >= 15 is 0 Å². The molecule has 0 atom stereocenters. The van der Waals surface area contributed by atoms with Gasteiger partial charge in [-0.05, 0) is 30.2 Å². The van der Waals surface area contributed by atoms with E-state index in [0.29, 0.717) is 24.1 Å². The molecule has 0 fully saturated rings. The Hall–Kier alpha value is -3.32. The van der Waals surface area contributed by atoms with Crippen molar-refractivity contribution in [3.8, 4) is 11.3 Å². The molecule has 0 amide bonds. The highest BCUT2D eigenvalue weighted by Crippen LogP contribution is 2.26. The first kappa shape index (κ1) is 17.1. The predicted octanol–water partition coefficient (Wildman–Crippen LogP) is 3.49. The molecule has 0 saturated carbocycles. The SMILES string of the molecule is Nc1cc(-c2ccc3c(N)n[nH]c3c2)nc(NCCc2ccccc2Cl)n1. The lowest BCUT2D eigenvalue weighted by Gasteiger charge is -2.09. The summed E-state index contributed by atoms with van der Waals surface area (Å²) in [6, 6.07) is 15.3. The third kappa shape index (κ3) is 3.63. The number of hydrogen-bond donors (Lipinski definition) is 4. The van der Waals surface area contributed by atoms with Gasteiger partial charge in [0, 0.05) is 28.6 Å². The molecule has 8 heteroatoms. The van der Waals surface area contributed by atoms with Gasteiger partial charge in [-0.15, -0.1) is 0 Å². The molecule has 0 saturated heterocycles. The smallest absolute Gasteiger partial charge is 0.225 e. The van der Waals surface area contributed by atoms with E-state index in [9.17, 15) is 0 Å². The van der Waals surface area contributed by atoms with Gasteiger partial charge in [0.2, 0.25) is 5.95 Å². The van der Waals surface area contributed by atoms with Crippen molar-refractivity contribution in [3.05, 3.63) is 59.1 Å². The summed E-state index contributed by atoms with van der Waals surface area (Å²) in [4.78, 5) is 8.83. The first-order chi connectivity index (χ1) is 13.1. The summed E-state index contributed by atoms with van der Waals surface area (Å²) in [6.45, 7) is 0.642. The molecule has 0 radical (unpaired) electrons. The number of anilines is 3. The summed E-state index contributed by atoms with van der Waals surface area (Å²) >= 11 is 6.19. The van der Waals surface area contributed by atoms with Crippen LogP contribution in [0.2, 0.25) is 5.02 Å². The van der Waals surface area contributed by atoms with Crippen LogP contribution in [-0.2, 0) is 6.42 Å². The number of nitrogens with one attached hydrogen (secondary N) is 2. The lowest BCUT2D eigenvalue weighted by molar-refractivity contribution is 0.987. The largest absolute Gasteiger partial charge is 0.384 e. The maximum atomic E-state index is 6.19. The number of halogens is 1. The molecule has 136 valence electrons. The normalized spacial score (nSPS) is 11.0. The first-order valence-corrected chi connectivity index (χ1v) is 8.84. The Labute approximate surface area is 160 Å². The molecular formula is C19H18ClN7. The van der Waals surface area contributed by atoms with Gasteiger partial charge in [-0.3, -0.25) is 5.10 Å². The monoisotopic (exact) mass is 379 g/mol. The fourth-order valence-corrected chi connectivity index (χ4v) is 3.13. The van der Waals surface area contributed by atoms with Crippen molar-refractivity contribution in [1.29, 1.82) is 0 Å². The van der Waals surface area contributed by atoms with Gasteiger partial charge in [-0.25, -0.2) is 4.98 Å². The number of rotatable bonds is 5. The van der Waals surface area contributed by atoms with Crippen LogP contribution in [0.1, 0.15) is 5.56 Å². The van der Waals surface area contributed by atoms with Crippen LogP contribution >= 0.6 is 11.6 Å². The zero-order valence-electron chi connectivity index (χ0n) is 14.4. The fourth-order valence-electron chi connectivity index (χ4n) is 2.90. The number of aromatic amines is 1. The molecule has 0 bridgehead atoms. The molecule has 2 heterocycles. The molecule has 4 aromatic rings. The molecule has 0 unspecified atom stereocenters. The van der Waals surface area contributed by atoms with Gasteiger partial charge in [-0.1, -0.05) is 35.9 Å². The van der Waals surface area contributed by atoms with Crippen LogP contribution in [0.15, 0.2) is 48.5 Å². The molecule has 0 spiro atoms. The number of benzene rings is 2. The Morgan fingerprint density at radius 2 is 1.89 bits per heavy atom. The van der Waals surface area contributed by atoms with Crippen LogP contribution in [0.25, 0.3) is 22.2 Å². The molecule has 0 aliphatic rings. The zero-order valence-corrected chi connectivity index (χ0v) is 15.2. The van der Waals surface area contributed by atoms with Crippen molar-refractivity contribution < 1.29 is 0 Å². The van der Waals surface area contributed by atoms with Gasteiger partial charge in [0.05, 0.1) is 11.2 Å². The van der Waals surface area contributed by atoms with E-state index in [1.165, 1.54) is 0 Å². The second kappa shape index (κ2) is 7.13. The van der Waals surface area contributed by atoms with Gasteiger partial charge < -0.3 is 16.8 Å². The van der Waals surface area contributed by atoms with Crippen LogP contribution in [0.3, 0.4) is 0 Å². The highest BCUT2D eigenvalue weighted by atomic mass is 35.5. The lowest BCUT2D eigenvalue weighted by Crippen LogP contribution is -2.09. The Morgan fingerprint density at radius 3 is 2.74 bits per heavy atom. The maximum Gasteiger partial charge on any atom is 0.225 e. The van der Waals surface area contributed by atoms with Crippen molar-refractivity contribution in [3.63, 3.8) is 0 Å². The van der Waals surface area contributed by atoms with E-state index in [-0.39, 0.29) is 0 Å². The van der Waals surface area contributed by atoms with E-state index in [0.717, 1.165) is 39.2 Å². The van der Waals surface area contributed by atoms with E-state index in [1.54, 1.807) is 6.07 Å². The summed E-state index contributed by atoms with van der Waals surface area (Å²) in [6.07, 6.45) is 0.756. The summed E-state index contributed by atoms with van der Waals surface area (Å²) in [5.74, 6) is 1.34. The quantitative estimate of drug-likeness (QED) is 0.421. The number of nitrogen functional groups attached to an aromatic ring is 2. The summed E-state index contributed by atoms with van der Waals surface area (Å²) in [7, 11) is 0. The number of fused-ring (bicyclic) bond motifs is 1. The van der Waals surface area contributed by atoms with Crippen molar-refractivity contribution in [1.82, 2.24) is 20.2 Å².